The second-order valence-electron chi connectivity index (χ2n) is 6.71. The Labute approximate surface area is 176 Å². The molecule has 0 aromatic heterocycles. The number of nitrogens with one attached hydrogen (secondary N) is 3. The van der Waals surface area contributed by atoms with Crippen molar-refractivity contribution < 1.29 is 27.7 Å². The van der Waals surface area contributed by atoms with Gasteiger partial charge in [-0.3, -0.25) is 19.7 Å². The summed E-state index contributed by atoms with van der Waals surface area (Å²) in [6, 6.07) is 10.1. The second kappa shape index (κ2) is 10.4. The molecule has 0 bridgehead atoms. The first kappa shape index (κ1) is 23.6. The minimum absolute atomic E-state index is 0.00462. The van der Waals surface area contributed by atoms with Crippen LogP contribution in [0.1, 0.15) is 28.8 Å². The third kappa shape index (κ3) is 7.96. The Morgan fingerprint density at radius 3 is 2.39 bits per heavy atom. The molecule has 0 atom stereocenters. The Bertz CT molecular complexity index is 946. The predicted octanol–water partition coefficient (Wildman–Crippen LogP) is 4.03. The molecule has 3 N–H and O–H groups in total. The molecular weight excluding hydrogens is 417 g/mol. The lowest BCUT2D eigenvalue weighted by Gasteiger charge is -2.12. The number of hydrogen-bond acceptors (Lipinski definition) is 5. The lowest BCUT2D eigenvalue weighted by atomic mass is 10.1. The summed E-state index contributed by atoms with van der Waals surface area (Å²) in [5.41, 5.74) is 1.66. The molecule has 0 saturated heterocycles. The molecule has 0 aliphatic heterocycles. The number of halogens is 3. The summed E-state index contributed by atoms with van der Waals surface area (Å²) in [5.74, 6) is -1.21. The van der Waals surface area contributed by atoms with E-state index in [1.54, 1.807) is 24.4 Å². The molecule has 2 amide bonds. The number of alkyl halides is 3. The number of nitro benzene ring substituents is 1. The van der Waals surface area contributed by atoms with E-state index < -0.39 is 23.6 Å². The molecule has 0 aliphatic rings. The maximum atomic E-state index is 12.2. The molecule has 0 spiro atoms. The van der Waals surface area contributed by atoms with Gasteiger partial charge in [-0.2, -0.15) is 13.2 Å². The molecular formula is C20H21F3N4O4. The lowest BCUT2D eigenvalue weighted by Crippen LogP contribution is -2.33. The Hall–Kier alpha value is -3.63. The quantitative estimate of drug-likeness (QED) is 0.311. The molecule has 0 heterocycles. The van der Waals surface area contributed by atoms with Crippen LogP contribution in [0.3, 0.4) is 0 Å². The summed E-state index contributed by atoms with van der Waals surface area (Å²) in [4.78, 5) is 34.2. The van der Waals surface area contributed by atoms with Crippen molar-refractivity contribution in [1.82, 2.24) is 5.32 Å². The third-order valence-corrected chi connectivity index (χ3v) is 4.21. The van der Waals surface area contributed by atoms with Gasteiger partial charge in [0.1, 0.15) is 6.54 Å². The minimum Gasteiger partial charge on any atom is -0.385 e. The van der Waals surface area contributed by atoms with Crippen LogP contribution in [0.25, 0.3) is 0 Å². The summed E-state index contributed by atoms with van der Waals surface area (Å²) in [7, 11) is 0. The van der Waals surface area contributed by atoms with E-state index in [1.807, 2.05) is 0 Å². The highest BCUT2D eigenvalue weighted by Gasteiger charge is 2.28. The minimum atomic E-state index is -4.51. The molecule has 2 aromatic rings. The zero-order valence-electron chi connectivity index (χ0n) is 16.6. The van der Waals surface area contributed by atoms with E-state index in [4.69, 9.17) is 0 Å². The topological polar surface area (TPSA) is 113 Å². The Kier molecular flexibility index (Phi) is 7.94. The summed E-state index contributed by atoms with van der Waals surface area (Å²) >= 11 is 0. The van der Waals surface area contributed by atoms with Crippen LogP contribution < -0.4 is 16.0 Å². The maximum absolute atomic E-state index is 12.2. The van der Waals surface area contributed by atoms with Crippen molar-refractivity contribution in [3.05, 3.63) is 63.7 Å². The molecule has 2 rings (SSSR count). The van der Waals surface area contributed by atoms with Gasteiger partial charge in [0.2, 0.25) is 5.91 Å². The fourth-order valence-electron chi connectivity index (χ4n) is 2.58. The molecule has 2 aromatic carbocycles. The fraction of sp³-hybridized carbons (Fsp3) is 0.300. The lowest BCUT2D eigenvalue weighted by molar-refractivity contribution is -0.384. The largest absolute Gasteiger partial charge is 0.405 e. The number of benzene rings is 2. The third-order valence-electron chi connectivity index (χ3n) is 4.21. The summed E-state index contributed by atoms with van der Waals surface area (Å²) in [6.45, 7) is 0.705. The van der Waals surface area contributed by atoms with Gasteiger partial charge in [0.05, 0.1) is 4.92 Å². The van der Waals surface area contributed by atoms with E-state index in [-0.39, 0.29) is 23.6 Å². The van der Waals surface area contributed by atoms with Gasteiger partial charge in [-0.15, -0.1) is 0 Å². The molecule has 0 radical (unpaired) electrons. The first-order chi connectivity index (χ1) is 14.5. The van der Waals surface area contributed by atoms with E-state index in [9.17, 15) is 32.9 Å². The van der Waals surface area contributed by atoms with Crippen molar-refractivity contribution in [3.8, 4) is 0 Å². The smallest absolute Gasteiger partial charge is 0.385 e. The number of nitro groups is 1. The number of carbonyl (C=O) groups is 2. The van der Waals surface area contributed by atoms with Crippen LogP contribution in [0.2, 0.25) is 0 Å². The van der Waals surface area contributed by atoms with Gasteiger partial charge in [-0.1, -0.05) is 6.07 Å². The summed E-state index contributed by atoms with van der Waals surface area (Å²) in [6.07, 6.45) is -3.89. The van der Waals surface area contributed by atoms with Crippen molar-refractivity contribution in [1.29, 1.82) is 0 Å². The predicted molar refractivity (Wildman–Crippen MR) is 109 cm³/mol. The maximum Gasteiger partial charge on any atom is 0.405 e. The van der Waals surface area contributed by atoms with Crippen molar-refractivity contribution in [3.63, 3.8) is 0 Å². The molecule has 0 fully saturated rings. The van der Waals surface area contributed by atoms with E-state index >= 15 is 0 Å². The van der Waals surface area contributed by atoms with Gasteiger partial charge in [0.25, 0.3) is 11.6 Å². The van der Waals surface area contributed by atoms with E-state index in [0.29, 0.717) is 29.9 Å². The number of nitrogens with zero attached hydrogens (tertiary/aromatic N) is 1. The summed E-state index contributed by atoms with van der Waals surface area (Å²) < 4.78 is 36.7. The normalized spacial score (nSPS) is 11.0. The molecule has 8 nitrogen and oxygen atoms in total. The second-order valence-corrected chi connectivity index (χ2v) is 6.71. The van der Waals surface area contributed by atoms with Crippen LogP contribution in [0.4, 0.5) is 30.2 Å². The van der Waals surface area contributed by atoms with Gasteiger partial charge in [0.15, 0.2) is 0 Å². The number of anilines is 2. The van der Waals surface area contributed by atoms with Crippen LogP contribution in [0.5, 0.6) is 0 Å². The number of non-ortho nitro benzene ring substituents is 1. The number of amides is 2. The van der Waals surface area contributed by atoms with E-state index in [1.165, 1.54) is 30.3 Å². The molecule has 0 saturated carbocycles. The highest BCUT2D eigenvalue weighted by molar-refractivity contribution is 5.97. The molecule has 11 heteroatoms. The standard InChI is InChI=1S/C20H21F3N4O4/c1-13-4-5-14(19(29)25-12-20(21,22)23)11-17(13)26-18(28)3-2-10-24-15-6-8-16(9-7-15)27(30)31/h4-9,11,24H,2-3,10,12H2,1H3,(H,25,29)(H,26,28). The first-order valence-electron chi connectivity index (χ1n) is 9.29. The first-order valence-corrected chi connectivity index (χ1v) is 9.29. The number of rotatable bonds is 9. The Balaban J connectivity index is 1.83. The molecule has 31 heavy (non-hydrogen) atoms. The average Bonchev–Trinajstić information content (AvgIpc) is 2.71. The van der Waals surface area contributed by atoms with Crippen LogP contribution in [0.15, 0.2) is 42.5 Å². The zero-order valence-corrected chi connectivity index (χ0v) is 16.6. The SMILES string of the molecule is Cc1ccc(C(=O)NCC(F)(F)F)cc1NC(=O)CCCNc1ccc([N+](=O)[O-])cc1. The molecule has 0 unspecified atom stereocenters. The average molecular weight is 438 g/mol. The fourth-order valence-corrected chi connectivity index (χ4v) is 2.58. The monoisotopic (exact) mass is 438 g/mol. The van der Waals surface area contributed by atoms with Gasteiger partial charge in [-0.25, -0.2) is 0 Å². The highest BCUT2D eigenvalue weighted by atomic mass is 19.4. The number of aryl methyl sites for hydroxylation is 1. The molecule has 166 valence electrons. The van der Waals surface area contributed by atoms with Gasteiger partial charge in [0, 0.05) is 42.0 Å². The zero-order chi connectivity index (χ0) is 23.0. The summed E-state index contributed by atoms with van der Waals surface area (Å²) in [5, 5.41) is 18.1. The molecule has 0 aliphatic carbocycles. The van der Waals surface area contributed by atoms with Crippen molar-refractivity contribution >= 4 is 28.9 Å². The van der Waals surface area contributed by atoms with Gasteiger partial charge >= 0.3 is 6.18 Å². The van der Waals surface area contributed by atoms with Crippen LogP contribution in [-0.4, -0.2) is 36.0 Å². The Morgan fingerprint density at radius 2 is 1.77 bits per heavy atom. The van der Waals surface area contributed by atoms with E-state index in [2.05, 4.69) is 10.6 Å². The van der Waals surface area contributed by atoms with Crippen molar-refractivity contribution in [2.75, 3.05) is 23.7 Å². The van der Waals surface area contributed by atoms with Crippen molar-refractivity contribution in [2.45, 2.75) is 25.9 Å². The van der Waals surface area contributed by atoms with E-state index in [0.717, 1.165) is 0 Å². The van der Waals surface area contributed by atoms with Gasteiger partial charge < -0.3 is 16.0 Å². The van der Waals surface area contributed by atoms with Crippen LogP contribution in [0, 0.1) is 17.0 Å². The van der Waals surface area contributed by atoms with Crippen molar-refractivity contribution in [2.24, 2.45) is 0 Å². The van der Waals surface area contributed by atoms with Crippen LogP contribution >= 0.6 is 0 Å². The highest BCUT2D eigenvalue weighted by Crippen LogP contribution is 2.19. The number of carbonyl (C=O) groups excluding carboxylic acids is 2. The number of hydrogen-bond donors (Lipinski definition) is 3. The Morgan fingerprint density at radius 1 is 1.10 bits per heavy atom. The van der Waals surface area contributed by atoms with Crippen LogP contribution in [-0.2, 0) is 4.79 Å². The van der Waals surface area contributed by atoms with Gasteiger partial charge in [-0.05, 0) is 43.2 Å².